The van der Waals surface area contributed by atoms with E-state index >= 15 is 0 Å². The molecule has 0 aliphatic carbocycles. The first kappa shape index (κ1) is 25.7. The van der Waals surface area contributed by atoms with Gasteiger partial charge in [0.1, 0.15) is 23.2 Å². The van der Waals surface area contributed by atoms with Crippen molar-refractivity contribution < 1.29 is 27.0 Å². The highest BCUT2D eigenvalue weighted by Gasteiger charge is 2.30. The van der Waals surface area contributed by atoms with E-state index in [1.807, 2.05) is 30.3 Å². The first-order valence-electron chi connectivity index (χ1n) is 11.3. The molecule has 0 bridgehead atoms. The summed E-state index contributed by atoms with van der Waals surface area (Å²) < 4.78 is 64.1. The van der Waals surface area contributed by atoms with Gasteiger partial charge in [-0.2, -0.15) is 13.2 Å². The summed E-state index contributed by atoms with van der Waals surface area (Å²) in [6.45, 7) is 1.17. The van der Waals surface area contributed by atoms with Crippen LogP contribution in [0.25, 0.3) is 10.6 Å². The van der Waals surface area contributed by atoms with Crippen LogP contribution in [0.4, 0.5) is 23.2 Å². The zero-order valence-electron chi connectivity index (χ0n) is 19.2. The van der Waals surface area contributed by atoms with E-state index < -0.39 is 17.6 Å². The molecule has 4 nitrogen and oxygen atoms in total. The lowest BCUT2D eigenvalue weighted by molar-refractivity contribution is -0.137. The van der Waals surface area contributed by atoms with Gasteiger partial charge in [-0.15, -0.1) is 11.3 Å². The topological polar surface area (TPSA) is 57.4 Å². The minimum atomic E-state index is -4.40. The molecule has 2 N–H and O–H groups in total. The molecule has 0 atom stereocenters. The molecule has 0 fully saturated rings. The van der Waals surface area contributed by atoms with Gasteiger partial charge < -0.3 is 15.2 Å². The molecule has 0 saturated heterocycles. The van der Waals surface area contributed by atoms with Gasteiger partial charge in [0, 0.05) is 18.2 Å². The number of anilines is 1. The van der Waals surface area contributed by atoms with Crippen LogP contribution in [0.5, 0.6) is 5.75 Å². The van der Waals surface area contributed by atoms with Crippen LogP contribution < -0.4 is 10.5 Å². The highest BCUT2D eigenvalue weighted by Crippen LogP contribution is 2.34. The number of alkyl halides is 3. The molecule has 1 aromatic heterocycles. The van der Waals surface area contributed by atoms with E-state index in [0.29, 0.717) is 42.4 Å². The lowest BCUT2D eigenvalue weighted by atomic mass is 10.1. The third-order valence-corrected chi connectivity index (χ3v) is 6.51. The molecule has 0 aliphatic rings. The van der Waals surface area contributed by atoms with Crippen LogP contribution in [0, 0.1) is 5.82 Å². The van der Waals surface area contributed by atoms with Gasteiger partial charge in [0.15, 0.2) is 0 Å². The minimum absolute atomic E-state index is 0.0286. The van der Waals surface area contributed by atoms with Crippen molar-refractivity contribution in [3.8, 4) is 16.3 Å². The van der Waals surface area contributed by atoms with Gasteiger partial charge >= 0.3 is 6.18 Å². The zero-order valence-corrected chi connectivity index (χ0v) is 20.0. The Morgan fingerprint density at radius 2 is 1.67 bits per heavy atom. The zero-order chi connectivity index (χ0) is 25.5. The lowest BCUT2D eigenvalue weighted by Crippen LogP contribution is -2.04. The van der Waals surface area contributed by atoms with E-state index in [4.69, 9.17) is 15.2 Å². The number of ether oxygens (including phenoxy) is 2. The van der Waals surface area contributed by atoms with Crippen LogP contribution in [0.2, 0.25) is 0 Å². The molecule has 1 heterocycles. The fraction of sp³-hybridized carbons (Fsp3) is 0.222. The number of rotatable bonds is 10. The Bertz CT molecular complexity index is 1280. The summed E-state index contributed by atoms with van der Waals surface area (Å²) in [4.78, 5) is 5.49. The Hall–Kier alpha value is -3.43. The Labute approximate surface area is 210 Å². The van der Waals surface area contributed by atoms with Crippen molar-refractivity contribution in [3.63, 3.8) is 0 Å². The van der Waals surface area contributed by atoms with E-state index in [2.05, 4.69) is 4.98 Å². The van der Waals surface area contributed by atoms with Crippen molar-refractivity contribution in [2.75, 3.05) is 12.3 Å². The van der Waals surface area contributed by atoms with E-state index in [-0.39, 0.29) is 12.3 Å². The number of aromatic nitrogens is 1. The van der Waals surface area contributed by atoms with Crippen molar-refractivity contribution in [2.24, 2.45) is 0 Å². The molecule has 4 aromatic rings. The number of hydrogen-bond donors (Lipinski definition) is 1. The van der Waals surface area contributed by atoms with Crippen molar-refractivity contribution in [2.45, 2.75) is 32.2 Å². The second kappa shape index (κ2) is 11.5. The summed E-state index contributed by atoms with van der Waals surface area (Å²) in [7, 11) is 0. The first-order chi connectivity index (χ1) is 17.3. The first-order valence-corrected chi connectivity index (χ1v) is 12.1. The van der Waals surface area contributed by atoms with E-state index in [0.717, 1.165) is 28.3 Å². The maximum Gasteiger partial charge on any atom is 0.416 e. The van der Waals surface area contributed by atoms with Gasteiger partial charge in [0.05, 0.1) is 28.4 Å². The van der Waals surface area contributed by atoms with Gasteiger partial charge in [0.25, 0.3) is 0 Å². The van der Waals surface area contributed by atoms with Gasteiger partial charge in [-0.25, -0.2) is 9.37 Å². The average Bonchev–Trinajstić information content (AvgIpc) is 3.28. The molecule has 9 heteroatoms. The number of nitrogens with zero attached hydrogens (tertiary/aromatic N) is 1. The monoisotopic (exact) mass is 516 g/mol. The highest BCUT2D eigenvalue weighted by molar-refractivity contribution is 7.15. The lowest BCUT2D eigenvalue weighted by Gasteiger charge is -2.08. The third-order valence-electron chi connectivity index (χ3n) is 5.39. The Balaban J connectivity index is 1.45. The third kappa shape index (κ3) is 6.83. The van der Waals surface area contributed by atoms with E-state index in [9.17, 15) is 17.6 Å². The summed E-state index contributed by atoms with van der Waals surface area (Å²) in [6.07, 6.45) is -3.10. The number of hydrogen-bond acceptors (Lipinski definition) is 5. The number of thiazole rings is 1. The van der Waals surface area contributed by atoms with Crippen molar-refractivity contribution >= 4 is 17.0 Å². The molecule has 0 amide bonds. The fourth-order valence-corrected chi connectivity index (χ4v) is 4.50. The smallest absolute Gasteiger partial charge is 0.416 e. The van der Waals surface area contributed by atoms with Crippen LogP contribution in [-0.2, 0) is 30.5 Å². The van der Waals surface area contributed by atoms with Crippen molar-refractivity contribution in [1.82, 2.24) is 4.98 Å². The maximum atomic E-state index is 13.8. The SMILES string of the molecule is Nc1ccc(OCc2sc(-c3ccc(C(F)(F)F)cc3)nc2CCCOCc2ccccc2)cc1F. The highest BCUT2D eigenvalue weighted by atomic mass is 32.1. The van der Waals surface area contributed by atoms with Crippen molar-refractivity contribution in [3.05, 3.63) is 100 Å². The van der Waals surface area contributed by atoms with E-state index in [1.165, 1.54) is 35.6 Å². The largest absolute Gasteiger partial charge is 0.488 e. The predicted octanol–water partition coefficient (Wildman–Crippen LogP) is 7.28. The number of nitrogens with two attached hydrogens (primary N) is 1. The molecular formula is C27H24F4N2O2S. The number of halogens is 4. The van der Waals surface area contributed by atoms with Crippen LogP contribution in [-0.4, -0.2) is 11.6 Å². The molecule has 0 saturated carbocycles. The van der Waals surface area contributed by atoms with E-state index in [1.54, 1.807) is 6.07 Å². The van der Waals surface area contributed by atoms with Gasteiger partial charge in [0.2, 0.25) is 0 Å². The molecule has 36 heavy (non-hydrogen) atoms. The molecule has 4 rings (SSSR count). The summed E-state index contributed by atoms with van der Waals surface area (Å²) in [5.41, 5.74) is 7.27. The predicted molar refractivity (Wildman–Crippen MR) is 132 cm³/mol. The number of nitrogen functional groups attached to an aromatic ring is 1. The second-order valence-corrected chi connectivity index (χ2v) is 9.16. The van der Waals surface area contributed by atoms with Gasteiger partial charge in [-0.3, -0.25) is 0 Å². The number of aryl methyl sites for hydroxylation is 1. The summed E-state index contributed by atoms with van der Waals surface area (Å²) >= 11 is 1.34. The Morgan fingerprint density at radius 3 is 2.36 bits per heavy atom. The minimum Gasteiger partial charge on any atom is -0.488 e. The molecule has 0 radical (unpaired) electrons. The summed E-state index contributed by atoms with van der Waals surface area (Å²) in [6, 6.07) is 19.0. The summed E-state index contributed by atoms with van der Waals surface area (Å²) in [5, 5.41) is 0.589. The molecule has 3 aromatic carbocycles. The normalized spacial score (nSPS) is 11.6. The quantitative estimate of drug-likeness (QED) is 0.137. The summed E-state index contributed by atoms with van der Waals surface area (Å²) in [5.74, 6) is -0.249. The Morgan fingerprint density at radius 1 is 0.917 bits per heavy atom. The van der Waals surface area contributed by atoms with Crippen LogP contribution in [0.1, 0.15) is 28.1 Å². The molecular weight excluding hydrogens is 492 g/mol. The molecule has 188 valence electrons. The fourth-order valence-electron chi connectivity index (χ4n) is 3.47. The average molecular weight is 517 g/mol. The molecule has 0 aliphatic heterocycles. The van der Waals surface area contributed by atoms with Crippen molar-refractivity contribution in [1.29, 1.82) is 0 Å². The van der Waals surface area contributed by atoms with Crippen LogP contribution in [0.15, 0.2) is 72.8 Å². The van der Waals surface area contributed by atoms with Crippen LogP contribution in [0.3, 0.4) is 0 Å². The molecule has 0 unspecified atom stereocenters. The Kier molecular flexibility index (Phi) is 8.22. The second-order valence-electron chi connectivity index (χ2n) is 8.08. The van der Waals surface area contributed by atoms with Gasteiger partial charge in [-0.1, -0.05) is 42.5 Å². The molecule has 0 spiro atoms. The van der Waals surface area contributed by atoms with Gasteiger partial charge in [-0.05, 0) is 42.7 Å². The maximum absolute atomic E-state index is 13.8. The number of benzene rings is 3. The standard InChI is InChI=1S/C27H24F4N2O2S/c28-22-15-21(12-13-23(22)32)35-17-25-24(7-4-14-34-16-18-5-2-1-3-6-18)33-26(36-25)19-8-10-20(11-9-19)27(29,30)31/h1-3,5-6,8-13,15H,4,7,14,16-17,32H2. The van der Waals surface area contributed by atoms with Crippen LogP contribution >= 0.6 is 11.3 Å².